The van der Waals surface area contributed by atoms with Gasteiger partial charge in [-0.3, -0.25) is 4.57 Å². The Morgan fingerprint density at radius 2 is 1.84 bits per heavy atom. The normalized spacial score (nSPS) is 12.7. The number of para-hydroxylation sites is 2. The largest absolute Gasteiger partial charge is 0.324 e. The van der Waals surface area contributed by atoms with Crippen LogP contribution in [0.1, 0.15) is 24.9 Å². The van der Waals surface area contributed by atoms with Gasteiger partial charge in [-0.1, -0.05) is 31.2 Å². The van der Waals surface area contributed by atoms with Crippen molar-refractivity contribution < 1.29 is 0 Å². The molecule has 0 aliphatic carbocycles. The first-order valence-electron chi connectivity index (χ1n) is 6.57. The van der Waals surface area contributed by atoms with Crippen molar-refractivity contribution in [1.29, 1.82) is 0 Å². The summed E-state index contributed by atoms with van der Waals surface area (Å²) in [7, 11) is 0. The van der Waals surface area contributed by atoms with Crippen molar-refractivity contribution in [2.24, 2.45) is 5.73 Å². The van der Waals surface area contributed by atoms with E-state index in [1.54, 1.807) is 0 Å². The summed E-state index contributed by atoms with van der Waals surface area (Å²) >= 11 is 0. The van der Waals surface area contributed by atoms with Crippen LogP contribution in [-0.2, 0) is 0 Å². The summed E-state index contributed by atoms with van der Waals surface area (Å²) in [5.41, 5.74) is 10.5. The lowest BCUT2D eigenvalue weighted by Crippen LogP contribution is -2.08. The van der Waals surface area contributed by atoms with Gasteiger partial charge in [-0.15, -0.1) is 0 Å². The van der Waals surface area contributed by atoms with Gasteiger partial charge in [0.05, 0.1) is 11.0 Å². The second kappa shape index (κ2) is 4.86. The van der Waals surface area contributed by atoms with Crippen LogP contribution in [0.2, 0.25) is 0 Å². The molecule has 1 heterocycles. The molecule has 3 aromatic rings. The minimum atomic E-state index is 0.119. The number of nitrogens with two attached hydrogens (primary N) is 1. The summed E-state index contributed by atoms with van der Waals surface area (Å²) in [5.74, 6) is 0. The lowest BCUT2D eigenvalue weighted by atomic mass is 10.1. The van der Waals surface area contributed by atoms with Crippen LogP contribution in [0.25, 0.3) is 16.7 Å². The molecule has 0 spiro atoms. The van der Waals surface area contributed by atoms with Crippen LogP contribution >= 0.6 is 0 Å². The number of aromatic nitrogens is 2. The van der Waals surface area contributed by atoms with Gasteiger partial charge in [0.15, 0.2) is 0 Å². The number of benzene rings is 2. The molecule has 0 fully saturated rings. The molecule has 0 radical (unpaired) electrons. The molecule has 2 N–H and O–H groups in total. The lowest BCUT2D eigenvalue weighted by molar-refractivity contribution is 0.698. The van der Waals surface area contributed by atoms with Gasteiger partial charge in [0.2, 0.25) is 0 Å². The zero-order valence-corrected chi connectivity index (χ0v) is 11.0. The molecule has 0 saturated heterocycles. The fourth-order valence-corrected chi connectivity index (χ4v) is 2.28. The van der Waals surface area contributed by atoms with Crippen LogP contribution in [0, 0.1) is 0 Å². The monoisotopic (exact) mass is 251 g/mol. The maximum Gasteiger partial charge on any atom is 0.100 e. The van der Waals surface area contributed by atoms with E-state index in [4.69, 9.17) is 5.73 Å². The van der Waals surface area contributed by atoms with Crippen molar-refractivity contribution >= 4 is 11.0 Å². The molecule has 0 bridgehead atoms. The molecule has 19 heavy (non-hydrogen) atoms. The molecule has 3 rings (SSSR count). The highest BCUT2D eigenvalue weighted by molar-refractivity contribution is 5.77. The molecule has 0 amide bonds. The minimum absolute atomic E-state index is 0.119. The van der Waals surface area contributed by atoms with E-state index < -0.39 is 0 Å². The Balaban J connectivity index is 2.02. The molecular weight excluding hydrogens is 234 g/mol. The van der Waals surface area contributed by atoms with Crippen molar-refractivity contribution in [3.63, 3.8) is 0 Å². The fraction of sp³-hybridized carbons (Fsp3) is 0.188. The Bertz CT molecular complexity index is 683. The van der Waals surface area contributed by atoms with Crippen molar-refractivity contribution in [3.8, 4) is 5.69 Å². The molecular formula is C16H17N3. The van der Waals surface area contributed by atoms with Crippen LogP contribution < -0.4 is 5.73 Å². The second-order valence-corrected chi connectivity index (χ2v) is 4.71. The number of imidazole rings is 1. The Labute approximate surface area is 112 Å². The number of rotatable bonds is 3. The number of nitrogens with zero attached hydrogens (tertiary/aromatic N) is 2. The van der Waals surface area contributed by atoms with E-state index in [-0.39, 0.29) is 6.04 Å². The summed E-state index contributed by atoms with van der Waals surface area (Å²) in [4.78, 5) is 4.41. The third kappa shape index (κ3) is 2.13. The average molecular weight is 251 g/mol. The minimum Gasteiger partial charge on any atom is -0.324 e. The van der Waals surface area contributed by atoms with Crippen molar-refractivity contribution in [2.75, 3.05) is 0 Å². The number of fused-ring (bicyclic) bond motifs is 1. The van der Waals surface area contributed by atoms with E-state index in [0.717, 1.165) is 23.1 Å². The Kier molecular flexibility index (Phi) is 3.05. The van der Waals surface area contributed by atoms with Gasteiger partial charge in [0.1, 0.15) is 6.33 Å². The van der Waals surface area contributed by atoms with Gasteiger partial charge in [-0.25, -0.2) is 4.98 Å². The zero-order valence-electron chi connectivity index (χ0n) is 11.0. The van der Waals surface area contributed by atoms with Gasteiger partial charge in [0.25, 0.3) is 0 Å². The van der Waals surface area contributed by atoms with Gasteiger partial charge >= 0.3 is 0 Å². The number of hydrogen-bond acceptors (Lipinski definition) is 2. The number of hydrogen-bond donors (Lipinski definition) is 1. The predicted molar refractivity (Wildman–Crippen MR) is 78.3 cm³/mol. The van der Waals surface area contributed by atoms with Crippen LogP contribution in [0.5, 0.6) is 0 Å². The second-order valence-electron chi connectivity index (χ2n) is 4.71. The van der Waals surface area contributed by atoms with Crippen LogP contribution in [-0.4, -0.2) is 9.55 Å². The topological polar surface area (TPSA) is 43.8 Å². The zero-order chi connectivity index (χ0) is 13.2. The molecule has 1 atom stereocenters. The third-order valence-electron chi connectivity index (χ3n) is 3.49. The summed E-state index contributed by atoms with van der Waals surface area (Å²) in [6, 6.07) is 16.6. The van der Waals surface area contributed by atoms with Crippen molar-refractivity contribution in [3.05, 3.63) is 60.4 Å². The van der Waals surface area contributed by atoms with Crippen LogP contribution in [0.3, 0.4) is 0 Å². The first kappa shape index (κ1) is 11.9. The maximum absolute atomic E-state index is 6.03. The smallest absolute Gasteiger partial charge is 0.100 e. The third-order valence-corrected chi connectivity index (χ3v) is 3.49. The SMILES string of the molecule is CCC(N)c1ccc(-n2cnc3ccccc32)cc1. The molecule has 3 nitrogen and oxygen atoms in total. The van der Waals surface area contributed by atoms with Gasteiger partial charge in [-0.05, 0) is 36.2 Å². The first-order chi connectivity index (χ1) is 9.29. The van der Waals surface area contributed by atoms with E-state index in [0.29, 0.717) is 0 Å². The highest BCUT2D eigenvalue weighted by Crippen LogP contribution is 2.20. The van der Waals surface area contributed by atoms with Gasteiger partial charge in [-0.2, -0.15) is 0 Å². The average Bonchev–Trinajstić information content (AvgIpc) is 2.90. The first-order valence-corrected chi connectivity index (χ1v) is 6.57. The molecule has 1 aromatic heterocycles. The predicted octanol–water partition coefficient (Wildman–Crippen LogP) is 3.44. The van der Waals surface area contributed by atoms with E-state index in [1.165, 1.54) is 5.56 Å². The molecule has 96 valence electrons. The quantitative estimate of drug-likeness (QED) is 0.775. The van der Waals surface area contributed by atoms with E-state index in [2.05, 4.69) is 46.8 Å². The molecule has 0 aliphatic heterocycles. The lowest BCUT2D eigenvalue weighted by Gasteiger charge is -2.10. The molecule has 1 unspecified atom stereocenters. The van der Waals surface area contributed by atoms with Gasteiger partial charge < -0.3 is 5.73 Å². The summed E-state index contributed by atoms with van der Waals surface area (Å²) in [5, 5.41) is 0. The van der Waals surface area contributed by atoms with Crippen molar-refractivity contribution in [2.45, 2.75) is 19.4 Å². The molecule has 0 saturated carbocycles. The van der Waals surface area contributed by atoms with Crippen LogP contribution in [0.15, 0.2) is 54.9 Å². The highest BCUT2D eigenvalue weighted by atomic mass is 15.0. The Hall–Kier alpha value is -2.13. The fourth-order valence-electron chi connectivity index (χ4n) is 2.28. The standard InChI is InChI=1S/C16H17N3/c1-2-14(17)12-7-9-13(10-8-12)19-11-18-15-5-3-4-6-16(15)19/h3-11,14H,2,17H2,1H3. The van der Waals surface area contributed by atoms with E-state index in [9.17, 15) is 0 Å². The molecule has 3 heteroatoms. The summed E-state index contributed by atoms with van der Waals surface area (Å²) in [6.07, 6.45) is 2.81. The Morgan fingerprint density at radius 1 is 1.11 bits per heavy atom. The molecule has 2 aromatic carbocycles. The summed E-state index contributed by atoms with van der Waals surface area (Å²) < 4.78 is 2.09. The maximum atomic E-state index is 6.03. The highest BCUT2D eigenvalue weighted by Gasteiger charge is 2.06. The summed E-state index contributed by atoms with van der Waals surface area (Å²) in [6.45, 7) is 2.10. The van der Waals surface area contributed by atoms with E-state index >= 15 is 0 Å². The van der Waals surface area contributed by atoms with Crippen molar-refractivity contribution in [1.82, 2.24) is 9.55 Å². The molecule has 0 aliphatic rings. The Morgan fingerprint density at radius 3 is 2.58 bits per heavy atom. The van der Waals surface area contributed by atoms with Gasteiger partial charge in [0, 0.05) is 11.7 Å². The van der Waals surface area contributed by atoms with E-state index in [1.807, 2.05) is 24.5 Å². The van der Waals surface area contributed by atoms with Crippen LogP contribution in [0.4, 0.5) is 0 Å².